The van der Waals surface area contributed by atoms with Gasteiger partial charge in [0.25, 0.3) is 5.91 Å². The van der Waals surface area contributed by atoms with Gasteiger partial charge in [-0.3, -0.25) is 9.59 Å². The van der Waals surface area contributed by atoms with Crippen LogP contribution in [-0.2, 0) is 4.79 Å². The Morgan fingerprint density at radius 3 is 2.52 bits per heavy atom. The lowest BCUT2D eigenvalue weighted by Crippen LogP contribution is -2.53. The van der Waals surface area contributed by atoms with Crippen molar-refractivity contribution in [3.8, 4) is 0 Å². The summed E-state index contributed by atoms with van der Waals surface area (Å²) in [5.74, 6) is 0.554. The van der Waals surface area contributed by atoms with Crippen molar-refractivity contribution in [2.24, 2.45) is 11.8 Å². The highest BCUT2D eigenvalue weighted by Gasteiger charge is 2.31. The van der Waals surface area contributed by atoms with Crippen molar-refractivity contribution >= 4 is 24.2 Å². The molecular formula is C18H30ClN3O3. The summed E-state index contributed by atoms with van der Waals surface area (Å²) in [5.41, 5.74) is 0. The van der Waals surface area contributed by atoms with Crippen LogP contribution in [0.4, 0.5) is 0 Å². The number of likely N-dealkylation sites (tertiary alicyclic amines) is 1. The summed E-state index contributed by atoms with van der Waals surface area (Å²) in [6, 6.07) is 2.74. The summed E-state index contributed by atoms with van der Waals surface area (Å²) < 4.78 is 5.11. The Balaban J connectivity index is 0.00000312. The molecule has 0 saturated carbocycles. The normalized spacial score (nSPS) is 16.4. The SMILES string of the molecule is CCNCC1CCN(C(=O)C(NC(=O)c2ccco2)C(C)C)CC1.Cl. The largest absolute Gasteiger partial charge is 0.459 e. The third-order valence-corrected chi connectivity index (χ3v) is 4.57. The van der Waals surface area contributed by atoms with Crippen molar-refractivity contribution in [1.29, 1.82) is 0 Å². The summed E-state index contributed by atoms with van der Waals surface area (Å²) in [6.45, 7) is 9.51. The Kier molecular flexibility index (Phi) is 9.00. The Morgan fingerprint density at radius 2 is 2.00 bits per heavy atom. The first-order valence-corrected chi connectivity index (χ1v) is 8.86. The molecule has 1 fully saturated rings. The van der Waals surface area contributed by atoms with Gasteiger partial charge in [-0.1, -0.05) is 20.8 Å². The van der Waals surface area contributed by atoms with E-state index < -0.39 is 6.04 Å². The Bertz CT molecular complexity index is 526. The summed E-state index contributed by atoms with van der Waals surface area (Å²) in [4.78, 5) is 26.9. The van der Waals surface area contributed by atoms with Gasteiger partial charge in [0.15, 0.2) is 5.76 Å². The number of furan rings is 1. The molecular weight excluding hydrogens is 342 g/mol. The number of nitrogens with zero attached hydrogens (tertiary/aromatic N) is 1. The quantitative estimate of drug-likeness (QED) is 0.771. The van der Waals surface area contributed by atoms with Crippen molar-refractivity contribution in [3.63, 3.8) is 0 Å². The van der Waals surface area contributed by atoms with Crippen molar-refractivity contribution in [3.05, 3.63) is 24.2 Å². The number of rotatable bonds is 7. The second-order valence-electron chi connectivity index (χ2n) is 6.75. The molecule has 0 aromatic carbocycles. The highest BCUT2D eigenvalue weighted by atomic mass is 35.5. The van der Waals surface area contributed by atoms with Crippen molar-refractivity contribution in [2.75, 3.05) is 26.2 Å². The lowest BCUT2D eigenvalue weighted by Gasteiger charge is -2.35. The molecule has 25 heavy (non-hydrogen) atoms. The maximum atomic E-state index is 12.8. The lowest BCUT2D eigenvalue weighted by atomic mass is 9.95. The molecule has 2 heterocycles. The summed E-state index contributed by atoms with van der Waals surface area (Å²) in [5, 5.41) is 6.20. The zero-order valence-electron chi connectivity index (χ0n) is 15.3. The summed E-state index contributed by atoms with van der Waals surface area (Å²) >= 11 is 0. The summed E-state index contributed by atoms with van der Waals surface area (Å²) in [7, 11) is 0. The third-order valence-electron chi connectivity index (χ3n) is 4.57. The molecule has 1 aromatic rings. The number of amides is 2. The van der Waals surface area contributed by atoms with E-state index in [0.717, 1.165) is 39.0 Å². The molecule has 0 spiro atoms. The van der Waals surface area contributed by atoms with E-state index in [1.165, 1.54) is 6.26 Å². The van der Waals surface area contributed by atoms with Crippen LogP contribution in [-0.4, -0.2) is 48.9 Å². The standard InChI is InChI=1S/C18H29N3O3.ClH/c1-4-19-12-14-7-9-21(10-8-14)18(23)16(13(2)3)20-17(22)15-6-5-11-24-15;/h5-6,11,13-14,16,19H,4,7-10,12H2,1-3H3,(H,20,22);1H. The molecule has 0 aliphatic carbocycles. The van der Waals surface area contributed by atoms with Crippen LogP contribution in [0, 0.1) is 11.8 Å². The minimum atomic E-state index is -0.520. The predicted octanol–water partition coefficient (Wildman–Crippen LogP) is 2.30. The number of halogens is 1. The first-order valence-electron chi connectivity index (χ1n) is 8.86. The molecule has 0 bridgehead atoms. The van der Waals surface area contributed by atoms with Crippen LogP contribution in [0.2, 0.25) is 0 Å². The van der Waals surface area contributed by atoms with Crippen LogP contribution in [0.1, 0.15) is 44.2 Å². The van der Waals surface area contributed by atoms with E-state index >= 15 is 0 Å². The second-order valence-corrected chi connectivity index (χ2v) is 6.75. The van der Waals surface area contributed by atoms with E-state index in [2.05, 4.69) is 17.6 Å². The highest BCUT2D eigenvalue weighted by Crippen LogP contribution is 2.19. The fraction of sp³-hybridized carbons (Fsp3) is 0.667. The first kappa shape index (κ1) is 21.5. The van der Waals surface area contributed by atoms with Crippen LogP contribution >= 0.6 is 12.4 Å². The molecule has 142 valence electrons. The van der Waals surface area contributed by atoms with Gasteiger partial charge in [-0.15, -0.1) is 12.4 Å². The van der Waals surface area contributed by atoms with Gasteiger partial charge in [0.2, 0.25) is 5.91 Å². The first-order chi connectivity index (χ1) is 11.5. The van der Waals surface area contributed by atoms with Crippen LogP contribution in [0.5, 0.6) is 0 Å². The predicted molar refractivity (Wildman–Crippen MR) is 99.9 cm³/mol. The van der Waals surface area contributed by atoms with Gasteiger partial charge in [-0.2, -0.15) is 0 Å². The molecule has 0 radical (unpaired) electrons. The average Bonchev–Trinajstić information content (AvgIpc) is 3.12. The Morgan fingerprint density at radius 1 is 1.32 bits per heavy atom. The van der Waals surface area contributed by atoms with Crippen LogP contribution < -0.4 is 10.6 Å². The van der Waals surface area contributed by atoms with Crippen molar-refractivity contribution in [2.45, 2.75) is 39.7 Å². The lowest BCUT2D eigenvalue weighted by molar-refractivity contribution is -0.135. The minimum absolute atomic E-state index is 0. The second kappa shape index (κ2) is 10.5. The maximum Gasteiger partial charge on any atom is 0.287 e. The molecule has 1 saturated heterocycles. The molecule has 1 aliphatic rings. The Labute approximate surface area is 156 Å². The average molecular weight is 372 g/mol. The van der Waals surface area contributed by atoms with Gasteiger partial charge in [-0.25, -0.2) is 0 Å². The monoisotopic (exact) mass is 371 g/mol. The van der Waals surface area contributed by atoms with Crippen LogP contribution in [0.3, 0.4) is 0 Å². The molecule has 2 N–H and O–H groups in total. The number of hydrogen-bond acceptors (Lipinski definition) is 4. The minimum Gasteiger partial charge on any atom is -0.459 e. The fourth-order valence-electron chi connectivity index (χ4n) is 3.04. The maximum absolute atomic E-state index is 12.8. The van der Waals surface area contributed by atoms with Crippen LogP contribution in [0.25, 0.3) is 0 Å². The molecule has 6 nitrogen and oxygen atoms in total. The molecule has 1 unspecified atom stereocenters. The van der Waals surface area contributed by atoms with E-state index in [-0.39, 0.29) is 35.9 Å². The van der Waals surface area contributed by atoms with Gasteiger partial charge < -0.3 is 20.0 Å². The number of nitrogens with one attached hydrogen (secondary N) is 2. The van der Waals surface area contributed by atoms with Gasteiger partial charge in [0.1, 0.15) is 6.04 Å². The van der Waals surface area contributed by atoms with Gasteiger partial charge in [0.05, 0.1) is 6.26 Å². The molecule has 2 rings (SSSR count). The number of piperidine rings is 1. The molecule has 2 amide bonds. The van der Waals surface area contributed by atoms with Gasteiger partial charge in [-0.05, 0) is 49.9 Å². The Hall–Kier alpha value is -1.53. The molecule has 1 aromatic heterocycles. The zero-order valence-corrected chi connectivity index (χ0v) is 16.1. The molecule has 7 heteroatoms. The molecule has 1 aliphatic heterocycles. The van der Waals surface area contributed by atoms with E-state index in [1.54, 1.807) is 12.1 Å². The van der Waals surface area contributed by atoms with E-state index in [0.29, 0.717) is 5.92 Å². The number of hydrogen-bond donors (Lipinski definition) is 2. The summed E-state index contributed by atoms with van der Waals surface area (Å²) in [6.07, 6.45) is 3.47. The zero-order chi connectivity index (χ0) is 17.5. The topological polar surface area (TPSA) is 74.6 Å². The smallest absolute Gasteiger partial charge is 0.287 e. The third kappa shape index (κ3) is 6.04. The van der Waals surface area contributed by atoms with E-state index in [9.17, 15) is 9.59 Å². The van der Waals surface area contributed by atoms with E-state index in [4.69, 9.17) is 4.42 Å². The van der Waals surface area contributed by atoms with Gasteiger partial charge in [0, 0.05) is 13.1 Å². The van der Waals surface area contributed by atoms with E-state index in [1.807, 2.05) is 18.7 Å². The van der Waals surface area contributed by atoms with Crippen molar-refractivity contribution < 1.29 is 14.0 Å². The van der Waals surface area contributed by atoms with Gasteiger partial charge >= 0.3 is 0 Å². The number of carbonyl (C=O) groups excluding carboxylic acids is 2. The van der Waals surface area contributed by atoms with Crippen LogP contribution in [0.15, 0.2) is 22.8 Å². The van der Waals surface area contributed by atoms with Crippen molar-refractivity contribution in [1.82, 2.24) is 15.5 Å². The fourth-order valence-corrected chi connectivity index (χ4v) is 3.04. The number of carbonyl (C=O) groups is 2. The highest BCUT2D eigenvalue weighted by molar-refractivity contribution is 5.95. The molecule has 1 atom stereocenters.